The second kappa shape index (κ2) is 8.90. The van der Waals surface area contributed by atoms with Crippen molar-refractivity contribution in [1.82, 2.24) is 20.5 Å². The van der Waals surface area contributed by atoms with E-state index in [-0.39, 0.29) is 24.2 Å². The van der Waals surface area contributed by atoms with Gasteiger partial charge < -0.3 is 14.7 Å². The van der Waals surface area contributed by atoms with Crippen molar-refractivity contribution in [3.8, 4) is 0 Å². The Morgan fingerprint density at radius 2 is 1.90 bits per heavy atom. The summed E-state index contributed by atoms with van der Waals surface area (Å²) in [7, 11) is 0. The van der Waals surface area contributed by atoms with Gasteiger partial charge >= 0.3 is 0 Å². The molecule has 7 heteroatoms. The summed E-state index contributed by atoms with van der Waals surface area (Å²) >= 11 is 0. The van der Waals surface area contributed by atoms with Gasteiger partial charge in [-0.05, 0) is 35.7 Å². The van der Waals surface area contributed by atoms with E-state index in [2.05, 4.69) is 20.5 Å². The second-order valence-electron chi connectivity index (χ2n) is 7.21. The topological polar surface area (TPSA) is 83.8 Å². The van der Waals surface area contributed by atoms with Crippen molar-refractivity contribution in [2.45, 2.75) is 38.6 Å². The fourth-order valence-corrected chi connectivity index (χ4v) is 3.50. The Balaban J connectivity index is 1.32. The Hall–Kier alpha value is -3.48. The van der Waals surface area contributed by atoms with Crippen LogP contribution in [0.2, 0.25) is 0 Å². The number of aryl methyl sites for hydroxylation is 1. The van der Waals surface area contributed by atoms with Gasteiger partial charge in [-0.25, -0.2) is 4.39 Å². The lowest BCUT2D eigenvalue weighted by Crippen LogP contribution is -2.28. The van der Waals surface area contributed by atoms with Gasteiger partial charge in [0, 0.05) is 29.9 Å². The fourth-order valence-electron chi connectivity index (χ4n) is 3.50. The van der Waals surface area contributed by atoms with E-state index in [4.69, 9.17) is 4.42 Å². The Bertz CT molecular complexity index is 1130. The highest BCUT2D eigenvalue weighted by Crippen LogP contribution is 2.21. The van der Waals surface area contributed by atoms with E-state index in [1.165, 1.54) is 12.1 Å². The number of aromatic amines is 1. The Morgan fingerprint density at radius 3 is 2.70 bits per heavy atom. The summed E-state index contributed by atoms with van der Waals surface area (Å²) in [5.74, 6) is 0.560. The minimum atomic E-state index is -0.292. The third-order valence-corrected chi connectivity index (χ3v) is 5.11. The van der Waals surface area contributed by atoms with Crippen molar-refractivity contribution in [2.75, 3.05) is 0 Å². The molecular weight excluding hydrogens is 383 g/mol. The van der Waals surface area contributed by atoms with Crippen LogP contribution >= 0.6 is 0 Å². The van der Waals surface area contributed by atoms with Crippen LogP contribution in [-0.2, 0) is 17.6 Å². The molecule has 1 amide bonds. The van der Waals surface area contributed by atoms with E-state index >= 15 is 0 Å². The smallest absolute Gasteiger partial charge is 0.221 e. The maximum atomic E-state index is 13.1. The lowest BCUT2D eigenvalue weighted by atomic mass is 10.0. The molecule has 0 saturated heterocycles. The lowest BCUT2D eigenvalue weighted by molar-refractivity contribution is -0.121. The molecule has 1 atom stereocenters. The normalized spacial score (nSPS) is 12.2. The molecule has 4 aromatic rings. The largest absolute Gasteiger partial charge is 0.425 e. The molecular formula is C23H23FN4O2. The van der Waals surface area contributed by atoms with Crippen LogP contribution in [0.1, 0.15) is 48.7 Å². The van der Waals surface area contributed by atoms with Gasteiger partial charge in [0.1, 0.15) is 5.82 Å². The number of fused-ring (bicyclic) bond motifs is 1. The molecule has 6 nitrogen and oxygen atoms in total. The van der Waals surface area contributed by atoms with E-state index in [0.29, 0.717) is 31.0 Å². The number of carbonyl (C=O) groups excluding carboxylic acids is 1. The molecule has 0 bridgehead atoms. The number of hydrogen-bond acceptors (Lipinski definition) is 4. The SMILES string of the molecule is CC[C@H](NC(=O)CCc1nnc(Cc2c[nH]c3ccccc23)o1)c1ccc(F)cc1. The highest BCUT2D eigenvalue weighted by atomic mass is 19.1. The number of aromatic nitrogens is 3. The number of rotatable bonds is 8. The van der Waals surface area contributed by atoms with Gasteiger partial charge in [0.2, 0.25) is 17.7 Å². The van der Waals surface area contributed by atoms with Gasteiger partial charge in [0.15, 0.2) is 0 Å². The molecule has 0 radical (unpaired) electrons. The highest BCUT2D eigenvalue weighted by molar-refractivity contribution is 5.83. The number of halogens is 1. The first-order chi connectivity index (χ1) is 14.6. The number of hydrogen-bond donors (Lipinski definition) is 2. The second-order valence-corrected chi connectivity index (χ2v) is 7.21. The van der Waals surface area contributed by atoms with Gasteiger partial charge in [-0.2, -0.15) is 0 Å². The van der Waals surface area contributed by atoms with Crippen LogP contribution in [0.15, 0.2) is 59.1 Å². The number of para-hydroxylation sites is 1. The van der Waals surface area contributed by atoms with Crippen LogP contribution in [0, 0.1) is 5.82 Å². The van der Waals surface area contributed by atoms with E-state index < -0.39 is 0 Å². The molecule has 2 aromatic heterocycles. The third kappa shape index (κ3) is 4.56. The maximum Gasteiger partial charge on any atom is 0.221 e. The van der Waals surface area contributed by atoms with E-state index in [1.807, 2.05) is 37.4 Å². The minimum Gasteiger partial charge on any atom is -0.425 e. The van der Waals surface area contributed by atoms with Gasteiger partial charge in [-0.3, -0.25) is 4.79 Å². The first-order valence-electron chi connectivity index (χ1n) is 10.0. The molecule has 0 saturated carbocycles. The molecule has 0 aliphatic rings. The summed E-state index contributed by atoms with van der Waals surface area (Å²) in [6.45, 7) is 1.98. The van der Waals surface area contributed by atoms with Crippen LogP contribution in [-0.4, -0.2) is 21.1 Å². The number of nitrogens with zero attached hydrogens (tertiary/aromatic N) is 2. The molecule has 2 heterocycles. The molecule has 0 aliphatic carbocycles. The van der Waals surface area contributed by atoms with Crippen molar-refractivity contribution in [3.63, 3.8) is 0 Å². The van der Waals surface area contributed by atoms with Crippen molar-refractivity contribution < 1.29 is 13.6 Å². The van der Waals surface area contributed by atoms with Crippen LogP contribution in [0.25, 0.3) is 10.9 Å². The molecule has 4 rings (SSSR count). The van der Waals surface area contributed by atoms with Crippen molar-refractivity contribution in [3.05, 3.63) is 83.5 Å². The van der Waals surface area contributed by atoms with Crippen LogP contribution in [0.3, 0.4) is 0 Å². The molecule has 0 aliphatic heterocycles. The van der Waals surface area contributed by atoms with Gasteiger partial charge in [0.05, 0.1) is 12.5 Å². The third-order valence-electron chi connectivity index (χ3n) is 5.11. The number of H-pyrrole nitrogens is 1. The lowest BCUT2D eigenvalue weighted by Gasteiger charge is -2.17. The zero-order valence-corrected chi connectivity index (χ0v) is 16.7. The monoisotopic (exact) mass is 406 g/mol. The first kappa shape index (κ1) is 19.8. The average Bonchev–Trinajstić information content (AvgIpc) is 3.39. The summed E-state index contributed by atoms with van der Waals surface area (Å²) in [5.41, 5.74) is 3.03. The average molecular weight is 406 g/mol. The predicted molar refractivity (Wildman–Crippen MR) is 111 cm³/mol. The maximum absolute atomic E-state index is 13.1. The Labute approximate surface area is 173 Å². The molecule has 2 N–H and O–H groups in total. The van der Waals surface area contributed by atoms with Crippen molar-refractivity contribution in [2.24, 2.45) is 0 Å². The summed E-state index contributed by atoms with van der Waals surface area (Å²) in [4.78, 5) is 15.6. The van der Waals surface area contributed by atoms with E-state index in [1.54, 1.807) is 12.1 Å². The predicted octanol–water partition coefficient (Wildman–Crippen LogP) is 4.48. The molecule has 154 valence electrons. The fraction of sp³-hybridized carbons (Fsp3) is 0.261. The zero-order chi connectivity index (χ0) is 20.9. The van der Waals surface area contributed by atoms with E-state index in [9.17, 15) is 9.18 Å². The summed E-state index contributed by atoms with van der Waals surface area (Å²) < 4.78 is 18.8. The van der Waals surface area contributed by atoms with Gasteiger partial charge in [-0.1, -0.05) is 37.3 Å². The summed E-state index contributed by atoms with van der Waals surface area (Å²) in [5, 5.41) is 12.3. The van der Waals surface area contributed by atoms with Crippen molar-refractivity contribution >= 4 is 16.8 Å². The molecule has 0 unspecified atom stereocenters. The molecule has 0 spiro atoms. The molecule has 2 aromatic carbocycles. The Morgan fingerprint density at radius 1 is 1.13 bits per heavy atom. The van der Waals surface area contributed by atoms with Crippen LogP contribution < -0.4 is 5.32 Å². The van der Waals surface area contributed by atoms with Gasteiger partial charge in [0.25, 0.3) is 0 Å². The summed E-state index contributed by atoms with van der Waals surface area (Å²) in [6, 6.07) is 14.1. The Kier molecular flexibility index (Phi) is 5.88. The first-order valence-corrected chi connectivity index (χ1v) is 10.0. The number of carbonyl (C=O) groups is 1. The summed E-state index contributed by atoms with van der Waals surface area (Å²) in [6.07, 6.45) is 3.81. The van der Waals surface area contributed by atoms with Crippen molar-refractivity contribution in [1.29, 1.82) is 0 Å². The minimum absolute atomic E-state index is 0.109. The van der Waals surface area contributed by atoms with Gasteiger partial charge in [-0.15, -0.1) is 10.2 Å². The standard InChI is InChI=1S/C23H23FN4O2/c1-2-19(15-7-9-17(24)10-8-15)26-21(29)11-12-22-27-28-23(30-22)13-16-14-25-20-6-4-3-5-18(16)20/h3-10,14,19,25H,2,11-13H2,1H3,(H,26,29)/t19-/m0/s1. The zero-order valence-electron chi connectivity index (χ0n) is 16.7. The van der Waals surface area contributed by atoms with Crippen LogP contribution in [0.5, 0.6) is 0 Å². The molecule has 0 fully saturated rings. The highest BCUT2D eigenvalue weighted by Gasteiger charge is 2.15. The molecule has 30 heavy (non-hydrogen) atoms. The van der Waals surface area contributed by atoms with E-state index in [0.717, 1.165) is 22.0 Å². The number of benzene rings is 2. The van der Waals surface area contributed by atoms with Crippen LogP contribution in [0.4, 0.5) is 4.39 Å². The number of nitrogens with one attached hydrogen (secondary N) is 2. The quantitative estimate of drug-likeness (QED) is 0.452. The number of amides is 1.